The molecule has 18 heavy (non-hydrogen) atoms. The van der Waals surface area contributed by atoms with Gasteiger partial charge >= 0.3 is 0 Å². The van der Waals surface area contributed by atoms with Crippen LogP contribution in [0.3, 0.4) is 0 Å². The van der Waals surface area contributed by atoms with Crippen molar-refractivity contribution in [1.82, 2.24) is 4.90 Å². The van der Waals surface area contributed by atoms with E-state index in [0.717, 1.165) is 4.47 Å². The molecule has 0 aliphatic heterocycles. The van der Waals surface area contributed by atoms with Crippen molar-refractivity contribution in [2.45, 2.75) is 0 Å². The highest BCUT2D eigenvalue weighted by Crippen LogP contribution is 2.26. The number of carbonyl (C=O) groups excluding carboxylic acids is 1. The average Bonchev–Trinajstić information content (AvgIpc) is 2.37. The molecule has 0 bridgehead atoms. The van der Waals surface area contributed by atoms with Crippen molar-refractivity contribution < 1.29 is 9.53 Å². The average molecular weight is 355 g/mol. The maximum Gasteiger partial charge on any atom is 0.253 e. The molecule has 0 spiro atoms. The molecule has 0 radical (unpaired) electrons. The van der Waals surface area contributed by atoms with Gasteiger partial charge in [-0.05, 0) is 34.1 Å². The first-order valence-electron chi connectivity index (χ1n) is 5.38. The van der Waals surface area contributed by atoms with Crippen molar-refractivity contribution in [3.63, 3.8) is 0 Å². The fraction of sp³-hybridized carbons (Fsp3) is 0.417. The molecule has 6 heteroatoms. The lowest BCUT2D eigenvalue weighted by atomic mass is 10.2. The largest absolute Gasteiger partial charge is 0.496 e. The molecule has 1 rings (SSSR count). The van der Waals surface area contributed by atoms with Crippen LogP contribution in [-0.4, -0.2) is 42.8 Å². The highest BCUT2D eigenvalue weighted by Gasteiger charge is 2.15. The summed E-state index contributed by atoms with van der Waals surface area (Å²) in [6, 6.07) is 5.20. The Kier molecular flexibility index (Phi) is 6.82. The molecular weight excluding hydrogens is 341 g/mol. The summed E-state index contributed by atoms with van der Waals surface area (Å²) in [6.07, 6.45) is 0. The molecule has 0 atom stereocenters. The molecule has 0 saturated heterocycles. The summed E-state index contributed by atoms with van der Waals surface area (Å²) in [7, 11) is 1.58. The number of carbonyl (C=O) groups is 1. The Labute approximate surface area is 125 Å². The van der Waals surface area contributed by atoms with E-state index in [2.05, 4.69) is 15.9 Å². The van der Waals surface area contributed by atoms with E-state index < -0.39 is 0 Å². The Hall–Kier alpha value is -0.450. The predicted octanol–water partition coefficient (Wildman–Crippen LogP) is 3.38. The number of hydrogen-bond donors (Lipinski definition) is 0. The Morgan fingerprint density at radius 1 is 1.33 bits per heavy atom. The van der Waals surface area contributed by atoms with Crippen LogP contribution in [0, 0.1) is 0 Å². The molecule has 100 valence electrons. The van der Waals surface area contributed by atoms with Crippen LogP contribution in [0.4, 0.5) is 0 Å². The molecule has 0 saturated carbocycles. The van der Waals surface area contributed by atoms with Gasteiger partial charge in [-0.3, -0.25) is 4.79 Å². The van der Waals surface area contributed by atoms with E-state index >= 15 is 0 Å². The lowest BCUT2D eigenvalue weighted by molar-refractivity contribution is 0.0775. The van der Waals surface area contributed by atoms with Crippen LogP contribution in [0.1, 0.15) is 10.4 Å². The van der Waals surface area contributed by atoms with Crippen LogP contribution in [0.2, 0.25) is 0 Å². The molecule has 1 aromatic carbocycles. The SMILES string of the molecule is COc1ccc(C(=O)N(CCCl)CCCl)cc1Br. The fourth-order valence-electron chi connectivity index (χ4n) is 1.50. The third-order valence-corrected chi connectivity index (χ3v) is 3.35. The minimum atomic E-state index is -0.0837. The van der Waals surface area contributed by atoms with Crippen molar-refractivity contribution in [2.75, 3.05) is 32.0 Å². The Morgan fingerprint density at radius 2 is 1.94 bits per heavy atom. The number of rotatable bonds is 6. The quantitative estimate of drug-likeness (QED) is 0.733. The maximum absolute atomic E-state index is 12.2. The molecular formula is C12H14BrCl2NO2. The van der Waals surface area contributed by atoms with Gasteiger partial charge in [0.1, 0.15) is 5.75 Å². The molecule has 0 unspecified atom stereocenters. The number of methoxy groups -OCH3 is 1. The number of hydrogen-bond acceptors (Lipinski definition) is 2. The fourth-order valence-corrected chi connectivity index (χ4v) is 2.45. The molecule has 1 aromatic rings. The normalized spacial score (nSPS) is 10.2. The molecule has 0 N–H and O–H groups in total. The van der Waals surface area contributed by atoms with Gasteiger partial charge in [-0.25, -0.2) is 0 Å². The number of amides is 1. The number of nitrogens with zero attached hydrogens (tertiary/aromatic N) is 1. The molecule has 3 nitrogen and oxygen atoms in total. The summed E-state index contributed by atoms with van der Waals surface area (Å²) < 4.78 is 5.86. The van der Waals surface area contributed by atoms with Gasteiger partial charge in [-0.1, -0.05) is 0 Å². The summed E-state index contributed by atoms with van der Waals surface area (Å²) in [5.74, 6) is 1.38. The lowest BCUT2D eigenvalue weighted by Crippen LogP contribution is -2.34. The van der Waals surface area contributed by atoms with Crippen molar-refractivity contribution in [3.8, 4) is 5.75 Å². The van der Waals surface area contributed by atoms with Gasteiger partial charge in [0.25, 0.3) is 5.91 Å². The third-order valence-electron chi connectivity index (χ3n) is 2.39. The Bertz CT molecular complexity index is 409. The monoisotopic (exact) mass is 353 g/mol. The molecule has 0 heterocycles. The van der Waals surface area contributed by atoms with Gasteiger partial charge < -0.3 is 9.64 Å². The van der Waals surface area contributed by atoms with Gasteiger partial charge in [0.05, 0.1) is 11.6 Å². The zero-order valence-corrected chi connectivity index (χ0v) is 13.1. The number of benzene rings is 1. The first-order chi connectivity index (χ1) is 8.63. The van der Waals surface area contributed by atoms with Crippen LogP contribution >= 0.6 is 39.1 Å². The van der Waals surface area contributed by atoms with Crippen molar-refractivity contribution in [3.05, 3.63) is 28.2 Å². The van der Waals surface area contributed by atoms with Gasteiger partial charge in [0.2, 0.25) is 0 Å². The first-order valence-corrected chi connectivity index (χ1v) is 7.25. The highest BCUT2D eigenvalue weighted by atomic mass is 79.9. The maximum atomic E-state index is 12.2. The number of alkyl halides is 2. The second-order valence-corrected chi connectivity index (χ2v) is 5.13. The second-order valence-electron chi connectivity index (χ2n) is 3.52. The van der Waals surface area contributed by atoms with E-state index in [-0.39, 0.29) is 5.91 Å². The third kappa shape index (κ3) is 4.04. The smallest absolute Gasteiger partial charge is 0.253 e. The summed E-state index contributed by atoms with van der Waals surface area (Å²) in [6.45, 7) is 0.966. The van der Waals surface area contributed by atoms with Gasteiger partial charge in [-0.15, -0.1) is 23.2 Å². The van der Waals surface area contributed by atoms with E-state index in [4.69, 9.17) is 27.9 Å². The zero-order valence-electron chi connectivity index (χ0n) is 9.96. The summed E-state index contributed by atoms with van der Waals surface area (Å²) in [5.41, 5.74) is 0.581. The van der Waals surface area contributed by atoms with E-state index in [1.165, 1.54) is 0 Å². The van der Waals surface area contributed by atoms with E-state index in [1.54, 1.807) is 30.2 Å². The summed E-state index contributed by atoms with van der Waals surface area (Å²) >= 11 is 14.7. The van der Waals surface area contributed by atoms with Gasteiger partial charge in [-0.2, -0.15) is 0 Å². The summed E-state index contributed by atoms with van der Waals surface area (Å²) in [5, 5.41) is 0. The number of halogens is 3. The minimum absolute atomic E-state index is 0.0837. The number of ether oxygens (including phenoxy) is 1. The van der Waals surface area contributed by atoms with Crippen LogP contribution in [-0.2, 0) is 0 Å². The Balaban J connectivity index is 2.90. The summed E-state index contributed by atoms with van der Waals surface area (Å²) in [4.78, 5) is 13.9. The molecule has 0 aliphatic rings. The van der Waals surface area contributed by atoms with Crippen LogP contribution in [0.25, 0.3) is 0 Å². The van der Waals surface area contributed by atoms with Crippen molar-refractivity contribution in [1.29, 1.82) is 0 Å². The zero-order chi connectivity index (χ0) is 13.5. The Morgan fingerprint density at radius 3 is 2.39 bits per heavy atom. The van der Waals surface area contributed by atoms with Crippen molar-refractivity contribution in [2.24, 2.45) is 0 Å². The highest BCUT2D eigenvalue weighted by molar-refractivity contribution is 9.10. The van der Waals surface area contributed by atoms with Gasteiger partial charge in [0, 0.05) is 30.4 Å². The molecule has 0 fully saturated rings. The predicted molar refractivity (Wildman–Crippen MR) is 78.0 cm³/mol. The van der Waals surface area contributed by atoms with Crippen molar-refractivity contribution >= 4 is 45.0 Å². The molecule has 0 aromatic heterocycles. The van der Waals surface area contributed by atoms with E-state index in [9.17, 15) is 4.79 Å². The standard InChI is InChI=1S/C12H14BrCl2NO2/c1-18-11-3-2-9(8-10(11)13)12(17)16(6-4-14)7-5-15/h2-3,8H,4-7H2,1H3. The first kappa shape index (κ1) is 15.6. The topological polar surface area (TPSA) is 29.5 Å². The van der Waals surface area contributed by atoms with E-state index in [0.29, 0.717) is 36.2 Å². The van der Waals surface area contributed by atoms with Gasteiger partial charge in [0.15, 0.2) is 0 Å². The van der Waals surface area contributed by atoms with Crippen LogP contribution in [0.5, 0.6) is 5.75 Å². The molecule has 1 amide bonds. The minimum Gasteiger partial charge on any atom is -0.496 e. The molecule has 0 aliphatic carbocycles. The van der Waals surface area contributed by atoms with Crippen LogP contribution < -0.4 is 4.74 Å². The van der Waals surface area contributed by atoms with Crippen LogP contribution in [0.15, 0.2) is 22.7 Å². The van der Waals surface area contributed by atoms with E-state index in [1.807, 2.05) is 0 Å². The second kappa shape index (κ2) is 7.87. The lowest BCUT2D eigenvalue weighted by Gasteiger charge is -2.20.